The molecule has 32 heavy (non-hydrogen) atoms. The quantitative estimate of drug-likeness (QED) is 0.646. The number of hydrogen-bond acceptors (Lipinski definition) is 6. The lowest BCUT2D eigenvalue weighted by Crippen LogP contribution is -2.45. The Hall–Kier alpha value is -3.21. The van der Waals surface area contributed by atoms with Gasteiger partial charge in [-0.3, -0.25) is 4.79 Å². The number of nitrogens with one attached hydrogen (secondary N) is 1. The number of halogens is 3. The van der Waals surface area contributed by atoms with E-state index >= 15 is 0 Å². The molecule has 8 nitrogen and oxygen atoms in total. The van der Waals surface area contributed by atoms with Crippen LogP contribution in [0.1, 0.15) is 29.8 Å². The molecule has 11 heteroatoms. The number of benzene rings is 1. The standard InChI is InChI=1S/C21H23F3N6O2/c1-13-10-29(11-14(2)32-13)18-17-9-28-30(19(17)27-12-26-18)7-6-25-20(31)15-4-3-5-16(8-15)21(22,23)24/h3-5,8-9,12-14H,6-7,10-11H2,1-2H3,(H,25,31)/t13-,14-/m1/s1. The van der Waals surface area contributed by atoms with Gasteiger partial charge in [-0.25, -0.2) is 14.6 Å². The van der Waals surface area contributed by atoms with Crippen molar-refractivity contribution in [1.82, 2.24) is 25.1 Å². The number of amides is 1. The topological polar surface area (TPSA) is 85.2 Å². The highest BCUT2D eigenvalue weighted by atomic mass is 19.4. The molecule has 0 spiro atoms. The fourth-order valence-corrected chi connectivity index (χ4v) is 3.86. The molecular weight excluding hydrogens is 425 g/mol. The molecule has 1 fully saturated rings. The summed E-state index contributed by atoms with van der Waals surface area (Å²) in [6.45, 7) is 5.91. The lowest BCUT2D eigenvalue weighted by atomic mass is 10.1. The first-order chi connectivity index (χ1) is 15.2. The maximum absolute atomic E-state index is 12.9. The molecule has 2 atom stereocenters. The largest absolute Gasteiger partial charge is 0.416 e. The van der Waals surface area contributed by atoms with E-state index < -0.39 is 17.6 Å². The van der Waals surface area contributed by atoms with E-state index in [2.05, 4.69) is 25.3 Å². The van der Waals surface area contributed by atoms with Crippen molar-refractivity contribution in [2.45, 2.75) is 38.8 Å². The molecule has 0 unspecified atom stereocenters. The number of aromatic nitrogens is 4. The van der Waals surface area contributed by atoms with Crippen LogP contribution in [-0.4, -0.2) is 57.5 Å². The summed E-state index contributed by atoms with van der Waals surface area (Å²) in [5, 5.41) is 7.78. The number of morpholine rings is 1. The second kappa shape index (κ2) is 8.73. The van der Waals surface area contributed by atoms with Crippen molar-refractivity contribution in [2.24, 2.45) is 0 Å². The van der Waals surface area contributed by atoms with Crippen LogP contribution in [0.5, 0.6) is 0 Å². The Balaban J connectivity index is 1.44. The molecular formula is C21H23F3N6O2. The number of carbonyl (C=O) groups excluding carboxylic acids is 1. The molecule has 1 aliphatic heterocycles. The molecule has 0 bridgehead atoms. The number of carbonyl (C=O) groups is 1. The van der Waals surface area contributed by atoms with Crippen LogP contribution in [0.15, 0.2) is 36.8 Å². The van der Waals surface area contributed by atoms with Crippen LogP contribution in [0.4, 0.5) is 19.0 Å². The second-order valence-electron chi connectivity index (χ2n) is 7.80. The van der Waals surface area contributed by atoms with E-state index in [0.29, 0.717) is 25.3 Å². The van der Waals surface area contributed by atoms with Crippen LogP contribution in [0.2, 0.25) is 0 Å². The van der Waals surface area contributed by atoms with E-state index in [1.807, 2.05) is 13.8 Å². The number of nitrogens with zero attached hydrogens (tertiary/aromatic N) is 5. The Kier molecular flexibility index (Phi) is 6.00. The summed E-state index contributed by atoms with van der Waals surface area (Å²) >= 11 is 0. The van der Waals surface area contributed by atoms with Gasteiger partial charge in [-0.2, -0.15) is 18.3 Å². The highest BCUT2D eigenvalue weighted by Gasteiger charge is 2.31. The van der Waals surface area contributed by atoms with Crippen LogP contribution in [0.25, 0.3) is 11.0 Å². The molecule has 1 saturated heterocycles. The molecule has 170 valence electrons. The monoisotopic (exact) mass is 448 g/mol. The summed E-state index contributed by atoms with van der Waals surface area (Å²) < 4.78 is 46.0. The Labute approximate surface area is 182 Å². The first-order valence-electron chi connectivity index (χ1n) is 10.2. The number of hydrogen-bond donors (Lipinski definition) is 1. The van der Waals surface area contributed by atoms with Crippen LogP contribution >= 0.6 is 0 Å². The number of rotatable bonds is 5. The number of anilines is 1. The summed E-state index contributed by atoms with van der Waals surface area (Å²) in [5.74, 6) is 0.190. The number of ether oxygens (including phenoxy) is 1. The average molecular weight is 448 g/mol. The van der Waals surface area contributed by atoms with Crippen LogP contribution in [-0.2, 0) is 17.5 Å². The number of fused-ring (bicyclic) bond motifs is 1. The Morgan fingerprint density at radius 1 is 1.22 bits per heavy atom. The van der Waals surface area contributed by atoms with Crippen molar-refractivity contribution in [1.29, 1.82) is 0 Å². The zero-order valence-electron chi connectivity index (χ0n) is 17.6. The van der Waals surface area contributed by atoms with E-state index in [0.717, 1.165) is 23.3 Å². The SMILES string of the molecule is C[C@@H]1CN(c2ncnc3c2cnn3CCNC(=O)c2cccc(C(F)(F)F)c2)C[C@@H](C)O1. The van der Waals surface area contributed by atoms with Crippen molar-refractivity contribution in [3.05, 3.63) is 47.9 Å². The first-order valence-corrected chi connectivity index (χ1v) is 10.2. The molecule has 1 aromatic carbocycles. The zero-order chi connectivity index (χ0) is 22.9. The van der Waals surface area contributed by atoms with Gasteiger partial charge in [0, 0.05) is 25.2 Å². The average Bonchev–Trinajstić information content (AvgIpc) is 3.15. The Bertz CT molecular complexity index is 1110. The number of alkyl halides is 3. The molecule has 4 rings (SSSR count). The van der Waals surface area contributed by atoms with Gasteiger partial charge in [0.05, 0.1) is 35.9 Å². The third kappa shape index (κ3) is 4.67. The molecule has 3 aromatic rings. The normalized spacial score (nSPS) is 19.3. The smallest absolute Gasteiger partial charge is 0.372 e. The third-order valence-electron chi connectivity index (χ3n) is 5.19. The maximum Gasteiger partial charge on any atom is 0.416 e. The van der Waals surface area contributed by atoms with Crippen molar-refractivity contribution >= 4 is 22.8 Å². The zero-order valence-corrected chi connectivity index (χ0v) is 17.6. The Morgan fingerprint density at radius 3 is 2.69 bits per heavy atom. The van der Waals surface area contributed by atoms with E-state index in [-0.39, 0.29) is 24.3 Å². The molecule has 0 radical (unpaired) electrons. The van der Waals surface area contributed by atoms with Crippen molar-refractivity contribution < 1.29 is 22.7 Å². The van der Waals surface area contributed by atoms with Crippen LogP contribution in [0, 0.1) is 0 Å². The summed E-state index contributed by atoms with van der Waals surface area (Å²) in [6, 6.07) is 4.32. The molecule has 2 aromatic heterocycles. The van der Waals surface area contributed by atoms with Gasteiger partial charge < -0.3 is 15.0 Å². The summed E-state index contributed by atoms with van der Waals surface area (Å²) in [4.78, 5) is 23.2. The summed E-state index contributed by atoms with van der Waals surface area (Å²) in [6.07, 6.45) is -1.20. The molecule has 0 saturated carbocycles. The van der Waals surface area contributed by atoms with Gasteiger partial charge in [0.1, 0.15) is 12.1 Å². The fraction of sp³-hybridized carbons (Fsp3) is 0.429. The highest BCUT2D eigenvalue weighted by molar-refractivity contribution is 5.94. The molecule has 3 heterocycles. The predicted octanol–water partition coefficient (Wildman–Crippen LogP) is 2.89. The van der Waals surface area contributed by atoms with E-state index in [9.17, 15) is 18.0 Å². The van der Waals surface area contributed by atoms with Gasteiger partial charge in [0.2, 0.25) is 0 Å². The summed E-state index contributed by atoms with van der Waals surface area (Å²) in [7, 11) is 0. The van der Waals surface area contributed by atoms with Gasteiger partial charge in [-0.05, 0) is 32.0 Å². The Morgan fingerprint density at radius 2 is 1.97 bits per heavy atom. The van der Waals surface area contributed by atoms with Gasteiger partial charge in [0.15, 0.2) is 5.65 Å². The lowest BCUT2D eigenvalue weighted by molar-refractivity contribution is -0.137. The van der Waals surface area contributed by atoms with Crippen molar-refractivity contribution in [3.8, 4) is 0 Å². The second-order valence-corrected chi connectivity index (χ2v) is 7.80. The molecule has 1 N–H and O–H groups in total. The van der Waals surface area contributed by atoms with Crippen LogP contribution < -0.4 is 10.2 Å². The van der Waals surface area contributed by atoms with E-state index in [4.69, 9.17) is 4.74 Å². The minimum Gasteiger partial charge on any atom is -0.372 e. The van der Waals surface area contributed by atoms with E-state index in [1.54, 1.807) is 10.9 Å². The predicted molar refractivity (Wildman–Crippen MR) is 111 cm³/mol. The van der Waals surface area contributed by atoms with Crippen molar-refractivity contribution in [3.63, 3.8) is 0 Å². The van der Waals surface area contributed by atoms with Gasteiger partial charge in [-0.1, -0.05) is 6.07 Å². The van der Waals surface area contributed by atoms with Gasteiger partial charge in [0.25, 0.3) is 5.91 Å². The molecule has 0 aliphatic carbocycles. The molecule has 1 aliphatic rings. The first kappa shape index (κ1) is 22.0. The summed E-state index contributed by atoms with van der Waals surface area (Å²) in [5.41, 5.74) is -0.292. The fourth-order valence-electron chi connectivity index (χ4n) is 3.86. The van der Waals surface area contributed by atoms with Gasteiger partial charge in [-0.15, -0.1) is 0 Å². The maximum atomic E-state index is 12.9. The van der Waals surface area contributed by atoms with Crippen LogP contribution in [0.3, 0.4) is 0 Å². The highest BCUT2D eigenvalue weighted by Crippen LogP contribution is 2.29. The third-order valence-corrected chi connectivity index (χ3v) is 5.19. The van der Waals surface area contributed by atoms with Gasteiger partial charge >= 0.3 is 6.18 Å². The minimum atomic E-state index is -4.50. The van der Waals surface area contributed by atoms with E-state index in [1.165, 1.54) is 18.5 Å². The molecule has 1 amide bonds. The lowest BCUT2D eigenvalue weighted by Gasteiger charge is -2.36. The minimum absolute atomic E-state index is 0.0506. The van der Waals surface area contributed by atoms with Crippen molar-refractivity contribution in [2.75, 3.05) is 24.5 Å².